The number of para-hydroxylation sites is 1. The summed E-state index contributed by atoms with van der Waals surface area (Å²) in [6, 6.07) is 18.1. The predicted molar refractivity (Wildman–Crippen MR) is 165 cm³/mol. The van der Waals surface area contributed by atoms with Gasteiger partial charge in [-0.05, 0) is 65.2 Å². The Balaban J connectivity index is 1.70. The molecule has 3 rings (SSSR count). The van der Waals surface area contributed by atoms with Crippen molar-refractivity contribution >= 4 is 29.5 Å². The highest BCUT2D eigenvalue weighted by Crippen LogP contribution is 2.25. The number of carbonyl (C=O) groups is 4. The molecule has 1 atom stereocenters. The number of amides is 4. The van der Waals surface area contributed by atoms with Crippen LogP contribution in [-0.4, -0.2) is 71.6 Å². The van der Waals surface area contributed by atoms with E-state index in [4.69, 9.17) is 9.47 Å². The molecule has 0 aliphatic carbocycles. The van der Waals surface area contributed by atoms with Crippen molar-refractivity contribution in [3.05, 3.63) is 66.2 Å². The summed E-state index contributed by atoms with van der Waals surface area (Å²) in [6.07, 6.45) is 0.851. The van der Waals surface area contributed by atoms with Crippen molar-refractivity contribution in [3.8, 4) is 0 Å². The molecule has 0 aromatic heterocycles. The fourth-order valence-corrected chi connectivity index (χ4v) is 4.88. The zero-order valence-corrected chi connectivity index (χ0v) is 26.2. The fraction of sp³-hybridized carbons (Fsp3) is 0.515. The number of ether oxygens (including phenoxy) is 2. The van der Waals surface area contributed by atoms with Crippen molar-refractivity contribution in [1.29, 1.82) is 0 Å². The van der Waals surface area contributed by atoms with Crippen LogP contribution in [0.2, 0.25) is 0 Å². The lowest BCUT2D eigenvalue weighted by molar-refractivity contribution is -0.140. The molecule has 0 spiro atoms. The van der Waals surface area contributed by atoms with Gasteiger partial charge in [0, 0.05) is 31.2 Å². The SMILES string of the molecule is CCC(=O)N(c1ccccc1)C1CCN(C(=O)C(COCc2ccccc2)NC(=O)C(C)(C)NC(=O)OC(C)(C)C)CC1. The van der Waals surface area contributed by atoms with Gasteiger partial charge in [0.1, 0.15) is 17.2 Å². The van der Waals surface area contributed by atoms with E-state index in [0.29, 0.717) is 32.4 Å². The van der Waals surface area contributed by atoms with E-state index in [0.717, 1.165) is 11.3 Å². The van der Waals surface area contributed by atoms with Gasteiger partial charge >= 0.3 is 6.09 Å². The largest absolute Gasteiger partial charge is 0.444 e. The lowest BCUT2D eigenvalue weighted by atomic mass is 10.00. The van der Waals surface area contributed by atoms with Gasteiger partial charge in [0.05, 0.1) is 13.2 Å². The third kappa shape index (κ3) is 10.1. The molecule has 10 heteroatoms. The van der Waals surface area contributed by atoms with Crippen molar-refractivity contribution in [2.45, 2.75) is 90.6 Å². The molecule has 1 fully saturated rings. The van der Waals surface area contributed by atoms with E-state index in [1.54, 1.807) is 39.5 Å². The maximum atomic E-state index is 13.8. The van der Waals surface area contributed by atoms with E-state index < -0.39 is 29.2 Å². The lowest BCUT2D eigenvalue weighted by Gasteiger charge is -2.40. The molecule has 1 unspecified atom stereocenters. The lowest BCUT2D eigenvalue weighted by Crippen LogP contribution is -2.61. The molecule has 0 bridgehead atoms. The summed E-state index contributed by atoms with van der Waals surface area (Å²) in [5.41, 5.74) is -0.304. The van der Waals surface area contributed by atoms with E-state index in [2.05, 4.69) is 10.6 Å². The summed E-state index contributed by atoms with van der Waals surface area (Å²) in [6.45, 7) is 11.2. The van der Waals surface area contributed by atoms with Crippen molar-refractivity contribution in [2.24, 2.45) is 0 Å². The molecule has 10 nitrogen and oxygen atoms in total. The molecule has 0 saturated carbocycles. The Bertz CT molecular complexity index is 1220. The van der Waals surface area contributed by atoms with Crippen LogP contribution in [-0.2, 0) is 30.5 Å². The smallest absolute Gasteiger partial charge is 0.408 e. The highest BCUT2D eigenvalue weighted by Gasteiger charge is 2.37. The number of piperidine rings is 1. The molecule has 1 heterocycles. The fourth-order valence-electron chi connectivity index (χ4n) is 4.88. The van der Waals surface area contributed by atoms with Gasteiger partial charge in [0.2, 0.25) is 17.7 Å². The van der Waals surface area contributed by atoms with Crippen molar-refractivity contribution in [2.75, 3.05) is 24.6 Å². The van der Waals surface area contributed by atoms with Crippen LogP contribution in [0.25, 0.3) is 0 Å². The molecule has 0 radical (unpaired) electrons. The summed E-state index contributed by atoms with van der Waals surface area (Å²) in [5, 5.41) is 5.40. The van der Waals surface area contributed by atoms with Gasteiger partial charge in [-0.2, -0.15) is 0 Å². The Labute approximate surface area is 255 Å². The molecule has 2 aromatic carbocycles. The van der Waals surface area contributed by atoms with Crippen LogP contribution in [0, 0.1) is 0 Å². The average Bonchev–Trinajstić information content (AvgIpc) is 2.96. The average molecular weight is 595 g/mol. The first-order chi connectivity index (χ1) is 20.3. The molecular weight excluding hydrogens is 548 g/mol. The van der Waals surface area contributed by atoms with E-state index in [1.807, 2.05) is 72.5 Å². The minimum atomic E-state index is -1.36. The Morgan fingerprint density at radius 1 is 0.930 bits per heavy atom. The van der Waals surface area contributed by atoms with E-state index in [-0.39, 0.29) is 31.1 Å². The molecule has 2 aromatic rings. The Morgan fingerprint density at radius 2 is 1.51 bits per heavy atom. The van der Waals surface area contributed by atoms with E-state index in [1.165, 1.54) is 0 Å². The zero-order valence-electron chi connectivity index (χ0n) is 26.2. The molecule has 4 amide bonds. The number of hydrogen-bond acceptors (Lipinski definition) is 6. The van der Waals surface area contributed by atoms with E-state index in [9.17, 15) is 19.2 Å². The quantitative estimate of drug-likeness (QED) is 0.398. The summed E-state index contributed by atoms with van der Waals surface area (Å²) in [4.78, 5) is 56.0. The van der Waals surface area contributed by atoms with Gasteiger partial charge in [-0.25, -0.2) is 4.79 Å². The Hall–Kier alpha value is -3.92. The number of nitrogens with one attached hydrogen (secondary N) is 2. The number of anilines is 1. The van der Waals surface area contributed by atoms with Crippen LogP contribution >= 0.6 is 0 Å². The molecule has 1 aliphatic rings. The summed E-state index contributed by atoms with van der Waals surface area (Å²) in [5.74, 6) is -0.783. The van der Waals surface area contributed by atoms with Gasteiger partial charge in [-0.3, -0.25) is 14.4 Å². The van der Waals surface area contributed by atoms with Gasteiger partial charge in [-0.1, -0.05) is 55.5 Å². The first-order valence-electron chi connectivity index (χ1n) is 14.9. The van der Waals surface area contributed by atoms with Gasteiger partial charge < -0.3 is 29.9 Å². The topological polar surface area (TPSA) is 117 Å². The summed E-state index contributed by atoms with van der Waals surface area (Å²) < 4.78 is 11.2. The molecule has 1 saturated heterocycles. The molecule has 43 heavy (non-hydrogen) atoms. The van der Waals surface area contributed by atoms with Crippen LogP contribution in [0.3, 0.4) is 0 Å². The van der Waals surface area contributed by atoms with Crippen LogP contribution in [0.15, 0.2) is 60.7 Å². The van der Waals surface area contributed by atoms with Crippen LogP contribution in [0.4, 0.5) is 10.5 Å². The number of nitrogens with zero attached hydrogens (tertiary/aromatic N) is 2. The minimum absolute atomic E-state index is 0.0372. The van der Waals surface area contributed by atoms with Gasteiger partial charge in [0.15, 0.2) is 0 Å². The molecule has 1 aliphatic heterocycles. The first kappa shape index (κ1) is 33.6. The van der Waals surface area contributed by atoms with Gasteiger partial charge in [0.25, 0.3) is 0 Å². The molecule has 2 N–H and O–H groups in total. The monoisotopic (exact) mass is 594 g/mol. The number of rotatable bonds is 11. The van der Waals surface area contributed by atoms with Crippen LogP contribution in [0.1, 0.15) is 66.4 Å². The van der Waals surface area contributed by atoms with Crippen LogP contribution in [0.5, 0.6) is 0 Å². The second kappa shape index (κ2) is 15.0. The summed E-state index contributed by atoms with van der Waals surface area (Å²) in [7, 11) is 0. The predicted octanol–water partition coefficient (Wildman–Crippen LogP) is 4.43. The van der Waals surface area contributed by atoms with E-state index >= 15 is 0 Å². The van der Waals surface area contributed by atoms with Crippen molar-refractivity contribution < 1.29 is 28.7 Å². The summed E-state index contributed by atoms with van der Waals surface area (Å²) >= 11 is 0. The molecule has 234 valence electrons. The highest BCUT2D eigenvalue weighted by molar-refractivity contribution is 5.95. The number of benzene rings is 2. The number of hydrogen-bond donors (Lipinski definition) is 2. The van der Waals surface area contributed by atoms with Crippen LogP contribution < -0.4 is 15.5 Å². The first-order valence-corrected chi connectivity index (χ1v) is 14.9. The zero-order chi connectivity index (χ0) is 31.6. The highest BCUT2D eigenvalue weighted by atomic mass is 16.6. The standard InChI is InChI=1S/C33H46N4O6/c1-7-28(38)37(25-16-12-9-13-17-25)26-18-20-36(21-19-26)29(39)27(23-42-22-24-14-10-8-11-15-24)34-30(40)33(5,6)35-31(41)43-32(2,3)4/h8-17,26-27H,7,18-23H2,1-6H3,(H,34,40)(H,35,41). The second-order valence-corrected chi connectivity index (χ2v) is 12.3. The Morgan fingerprint density at radius 3 is 2.07 bits per heavy atom. The normalized spacial score (nSPS) is 14.9. The van der Waals surface area contributed by atoms with Crippen molar-refractivity contribution in [3.63, 3.8) is 0 Å². The Kier molecular flexibility index (Phi) is 11.7. The number of alkyl carbamates (subject to hydrolysis) is 1. The minimum Gasteiger partial charge on any atom is -0.444 e. The molecular formula is C33H46N4O6. The van der Waals surface area contributed by atoms with Gasteiger partial charge in [-0.15, -0.1) is 0 Å². The maximum absolute atomic E-state index is 13.8. The third-order valence-corrected chi connectivity index (χ3v) is 7.13. The van der Waals surface area contributed by atoms with Crippen molar-refractivity contribution in [1.82, 2.24) is 15.5 Å². The third-order valence-electron chi connectivity index (χ3n) is 7.13. The number of likely N-dealkylation sites (tertiary alicyclic amines) is 1. The number of carbonyl (C=O) groups excluding carboxylic acids is 4. The maximum Gasteiger partial charge on any atom is 0.408 e. The second-order valence-electron chi connectivity index (χ2n) is 12.3.